The molecule has 0 bridgehead atoms. The Labute approximate surface area is 146 Å². The summed E-state index contributed by atoms with van der Waals surface area (Å²) in [6.45, 7) is 6.68. The molecule has 0 saturated carbocycles. The molecule has 1 aliphatic rings. The molecule has 2 rings (SSSR count). The molecule has 1 atom stereocenters. The highest BCUT2D eigenvalue weighted by atomic mass is 32.2. The second-order valence-electron chi connectivity index (χ2n) is 6.73. The number of fused-ring (bicyclic) bond motifs is 1. The maximum Gasteiger partial charge on any atom is 0.214 e. The molecule has 0 saturated heterocycles. The van der Waals surface area contributed by atoms with Gasteiger partial charge in [0.15, 0.2) is 11.5 Å². The predicted octanol–water partition coefficient (Wildman–Crippen LogP) is 3.39. The van der Waals surface area contributed by atoms with Crippen LogP contribution in [-0.2, 0) is 16.4 Å². The van der Waals surface area contributed by atoms with Gasteiger partial charge in [-0.2, -0.15) is 4.31 Å². The molecule has 0 N–H and O–H groups in total. The fourth-order valence-electron chi connectivity index (χ4n) is 3.40. The fourth-order valence-corrected chi connectivity index (χ4v) is 5.11. The molecule has 0 radical (unpaired) electrons. The molecule has 1 heterocycles. The van der Waals surface area contributed by atoms with Crippen LogP contribution in [0.25, 0.3) is 0 Å². The third kappa shape index (κ3) is 3.86. The highest BCUT2D eigenvalue weighted by molar-refractivity contribution is 7.89. The topological polar surface area (TPSA) is 55.8 Å². The Bertz CT molecular complexity index is 670. The van der Waals surface area contributed by atoms with Crippen molar-refractivity contribution in [2.75, 3.05) is 26.5 Å². The zero-order valence-electron chi connectivity index (χ0n) is 15.3. The minimum atomic E-state index is -3.24. The van der Waals surface area contributed by atoms with E-state index in [1.165, 1.54) is 0 Å². The van der Waals surface area contributed by atoms with Gasteiger partial charge in [0.1, 0.15) is 0 Å². The van der Waals surface area contributed by atoms with Crippen molar-refractivity contribution in [1.29, 1.82) is 0 Å². The summed E-state index contributed by atoms with van der Waals surface area (Å²) in [7, 11) is -0.0159. The second kappa shape index (κ2) is 7.74. The third-order valence-electron chi connectivity index (χ3n) is 4.47. The lowest BCUT2D eigenvalue weighted by Crippen LogP contribution is -2.41. The van der Waals surface area contributed by atoms with Gasteiger partial charge in [0, 0.05) is 6.54 Å². The van der Waals surface area contributed by atoms with E-state index in [2.05, 4.69) is 13.8 Å². The maximum atomic E-state index is 12.7. The Morgan fingerprint density at radius 3 is 2.38 bits per heavy atom. The minimum Gasteiger partial charge on any atom is -0.493 e. The number of ether oxygens (including phenoxy) is 2. The quantitative estimate of drug-likeness (QED) is 0.752. The summed E-state index contributed by atoms with van der Waals surface area (Å²) in [6.07, 6.45) is 2.13. The smallest absolute Gasteiger partial charge is 0.214 e. The van der Waals surface area contributed by atoms with Gasteiger partial charge in [-0.25, -0.2) is 8.42 Å². The second-order valence-corrected chi connectivity index (χ2v) is 8.77. The van der Waals surface area contributed by atoms with Crippen molar-refractivity contribution in [1.82, 2.24) is 4.31 Å². The summed E-state index contributed by atoms with van der Waals surface area (Å²) in [6, 6.07) is 3.81. The lowest BCUT2D eigenvalue weighted by atomic mass is 9.89. The molecule has 1 aromatic rings. The molecule has 0 fully saturated rings. The van der Waals surface area contributed by atoms with Crippen LogP contribution in [0, 0.1) is 5.92 Å². The van der Waals surface area contributed by atoms with Crippen molar-refractivity contribution in [2.45, 2.75) is 46.1 Å². The number of hydrogen-bond donors (Lipinski definition) is 0. The van der Waals surface area contributed by atoms with E-state index in [1.807, 2.05) is 19.1 Å². The Hall–Kier alpha value is -1.27. The minimum absolute atomic E-state index is 0.134. The summed E-state index contributed by atoms with van der Waals surface area (Å²) in [5, 5.41) is 0. The molecule has 0 spiro atoms. The summed E-state index contributed by atoms with van der Waals surface area (Å²) in [5.74, 6) is 1.95. The normalized spacial score (nSPS) is 18.5. The van der Waals surface area contributed by atoms with Crippen molar-refractivity contribution in [3.8, 4) is 11.5 Å². The van der Waals surface area contributed by atoms with Gasteiger partial charge in [0.2, 0.25) is 10.0 Å². The number of sulfonamides is 1. The molecule has 6 heteroatoms. The average Bonchev–Trinajstić information content (AvgIpc) is 2.53. The standard InChI is InChI=1S/C18H29NO4S/c1-6-9-24(20,21)19-8-7-14-11-17(22-4)18(23-5)12-15(14)16(19)10-13(2)3/h11-13,16H,6-10H2,1-5H3. The Kier molecular flexibility index (Phi) is 6.15. The van der Waals surface area contributed by atoms with Gasteiger partial charge in [-0.1, -0.05) is 20.8 Å². The maximum absolute atomic E-state index is 12.7. The molecule has 0 aromatic heterocycles. The van der Waals surface area contributed by atoms with Crippen molar-refractivity contribution in [2.24, 2.45) is 5.92 Å². The van der Waals surface area contributed by atoms with Crippen LogP contribution in [0.1, 0.15) is 50.8 Å². The van der Waals surface area contributed by atoms with E-state index in [1.54, 1.807) is 18.5 Å². The summed E-state index contributed by atoms with van der Waals surface area (Å²) in [4.78, 5) is 0. The first-order chi connectivity index (χ1) is 11.3. The molecule has 1 aromatic carbocycles. The van der Waals surface area contributed by atoms with Gasteiger partial charge in [-0.15, -0.1) is 0 Å². The lowest BCUT2D eigenvalue weighted by Gasteiger charge is -2.37. The molecule has 0 aliphatic carbocycles. The highest BCUT2D eigenvalue weighted by Gasteiger charge is 2.36. The predicted molar refractivity (Wildman–Crippen MR) is 96.2 cm³/mol. The summed E-state index contributed by atoms with van der Waals surface area (Å²) < 4.78 is 38.0. The van der Waals surface area contributed by atoms with E-state index < -0.39 is 10.0 Å². The van der Waals surface area contributed by atoms with Crippen LogP contribution in [0.2, 0.25) is 0 Å². The van der Waals surface area contributed by atoms with Crippen molar-refractivity contribution in [3.05, 3.63) is 23.3 Å². The van der Waals surface area contributed by atoms with E-state index in [4.69, 9.17) is 9.47 Å². The Balaban J connectivity index is 2.52. The van der Waals surface area contributed by atoms with Crippen molar-refractivity contribution < 1.29 is 17.9 Å². The number of nitrogens with zero attached hydrogens (tertiary/aromatic N) is 1. The summed E-state index contributed by atoms with van der Waals surface area (Å²) >= 11 is 0. The number of methoxy groups -OCH3 is 2. The van der Waals surface area contributed by atoms with Crippen LogP contribution in [0.3, 0.4) is 0 Å². The largest absolute Gasteiger partial charge is 0.493 e. The van der Waals surface area contributed by atoms with Crippen LogP contribution >= 0.6 is 0 Å². The Morgan fingerprint density at radius 1 is 1.21 bits per heavy atom. The van der Waals surface area contributed by atoms with Crippen molar-refractivity contribution in [3.63, 3.8) is 0 Å². The van der Waals surface area contributed by atoms with Gasteiger partial charge in [-0.05, 0) is 48.4 Å². The molecule has 136 valence electrons. The van der Waals surface area contributed by atoms with E-state index in [0.29, 0.717) is 36.8 Å². The molecular formula is C18H29NO4S. The van der Waals surface area contributed by atoms with Crippen LogP contribution in [0.4, 0.5) is 0 Å². The SMILES string of the molecule is CCCS(=O)(=O)N1CCc2cc(OC)c(OC)cc2C1CC(C)C. The van der Waals surface area contributed by atoms with Gasteiger partial charge < -0.3 is 9.47 Å². The van der Waals surface area contributed by atoms with Gasteiger partial charge in [0.25, 0.3) is 0 Å². The molecule has 24 heavy (non-hydrogen) atoms. The van der Waals surface area contributed by atoms with E-state index >= 15 is 0 Å². The van der Waals surface area contributed by atoms with Crippen LogP contribution in [0.15, 0.2) is 12.1 Å². The Morgan fingerprint density at radius 2 is 1.83 bits per heavy atom. The summed E-state index contributed by atoms with van der Waals surface area (Å²) in [5.41, 5.74) is 2.20. The fraction of sp³-hybridized carbons (Fsp3) is 0.667. The van der Waals surface area contributed by atoms with Crippen LogP contribution < -0.4 is 9.47 Å². The molecule has 5 nitrogen and oxygen atoms in total. The number of rotatable bonds is 7. The zero-order chi connectivity index (χ0) is 17.9. The highest BCUT2D eigenvalue weighted by Crippen LogP contribution is 2.41. The average molecular weight is 356 g/mol. The number of hydrogen-bond acceptors (Lipinski definition) is 4. The monoisotopic (exact) mass is 355 g/mol. The van der Waals surface area contributed by atoms with Crippen LogP contribution in [-0.4, -0.2) is 39.2 Å². The molecular weight excluding hydrogens is 326 g/mol. The molecule has 1 unspecified atom stereocenters. The van der Waals surface area contributed by atoms with E-state index in [-0.39, 0.29) is 11.8 Å². The third-order valence-corrected chi connectivity index (χ3v) is 6.54. The van der Waals surface area contributed by atoms with E-state index in [0.717, 1.165) is 17.5 Å². The van der Waals surface area contributed by atoms with Crippen LogP contribution in [0.5, 0.6) is 11.5 Å². The van der Waals surface area contributed by atoms with Crippen molar-refractivity contribution >= 4 is 10.0 Å². The number of benzene rings is 1. The molecule has 1 aliphatic heterocycles. The molecule has 0 amide bonds. The first kappa shape index (κ1) is 19.1. The van der Waals surface area contributed by atoms with Gasteiger partial charge in [-0.3, -0.25) is 0 Å². The van der Waals surface area contributed by atoms with E-state index in [9.17, 15) is 8.42 Å². The van der Waals surface area contributed by atoms with Gasteiger partial charge >= 0.3 is 0 Å². The first-order valence-electron chi connectivity index (χ1n) is 8.58. The zero-order valence-corrected chi connectivity index (χ0v) is 16.1. The first-order valence-corrected chi connectivity index (χ1v) is 10.2. The lowest BCUT2D eigenvalue weighted by molar-refractivity contribution is 0.267. The van der Waals surface area contributed by atoms with Gasteiger partial charge in [0.05, 0.1) is 26.0 Å².